The highest BCUT2D eigenvalue weighted by atomic mass is 16.4. The Hall–Kier alpha value is -5.27. The minimum absolute atomic E-state index is 0.0403. The first-order valence-electron chi connectivity index (χ1n) is 13.2. The maximum Gasteiger partial charge on any atom is 0.323 e. The molecular formula is C28H34N8O6. The predicted octanol–water partition coefficient (Wildman–Crippen LogP) is 0.308. The molecule has 14 heteroatoms. The number of rotatable bonds is 13. The average Bonchev–Trinajstić information content (AvgIpc) is 2.95. The van der Waals surface area contributed by atoms with Crippen molar-refractivity contribution in [3.8, 4) is 0 Å². The lowest BCUT2D eigenvalue weighted by Crippen LogP contribution is -2.60. The highest BCUT2D eigenvalue weighted by Gasteiger charge is 2.37. The van der Waals surface area contributed by atoms with Crippen LogP contribution in [0.15, 0.2) is 48.5 Å². The smallest absolute Gasteiger partial charge is 0.323 e. The fourth-order valence-corrected chi connectivity index (χ4v) is 4.48. The van der Waals surface area contributed by atoms with Gasteiger partial charge in [0.25, 0.3) is 5.91 Å². The molecule has 0 aromatic heterocycles. The number of hydrogen-bond acceptors (Lipinski definition) is 7. The molecule has 42 heavy (non-hydrogen) atoms. The number of carboxylic acids is 1. The molecule has 4 amide bonds. The second-order valence-electron chi connectivity index (χ2n) is 9.72. The molecule has 1 saturated heterocycles. The Labute approximate surface area is 242 Å². The second-order valence-corrected chi connectivity index (χ2v) is 9.72. The summed E-state index contributed by atoms with van der Waals surface area (Å²) in [4.78, 5) is 64.8. The number of carbonyl (C=O) groups excluding carboxylic acids is 4. The first-order valence-corrected chi connectivity index (χ1v) is 13.2. The van der Waals surface area contributed by atoms with E-state index in [0.717, 1.165) is 0 Å². The zero-order valence-electron chi connectivity index (χ0n) is 22.9. The quantitative estimate of drug-likeness (QED) is 0.0989. The number of carbonyl (C=O) groups is 5. The summed E-state index contributed by atoms with van der Waals surface area (Å²) < 4.78 is 0. The predicted molar refractivity (Wildman–Crippen MR) is 154 cm³/mol. The van der Waals surface area contributed by atoms with Gasteiger partial charge >= 0.3 is 5.97 Å². The van der Waals surface area contributed by atoms with Crippen LogP contribution in [0.3, 0.4) is 0 Å². The maximum atomic E-state index is 13.1. The number of carboxylic acid groups (broad SMARTS) is 1. The largest absolute Gasteiger partial charge is 0.480 e. The van der Waals surface area contributed by atoms with Gasteiger partial charge in [-0.1, -0.05) is 18.6 Å². The minimum atomic E-state index is -1.17. The molecule has 1 fully saturated rings. The number of aliphatic carboxylic acids is 1. The van der Waals surface area contributed by atoms with Crippen molar-refractivity contribution in [1.29, 1.82) is 10.8 Å². The van der Waals surface area contributed by atoms with Gasteiger partial charge in [-0.05, 0) is 49.2 Å². The number of unbranched alkanes of at least 4 members (excludes halogenated alkanes) is 1. The molecule has 1 aliphatic rings. The zero-order chi connectivity index (χ0) is 30.8. The summed E-state index contributed by atoms with van der Waals surface area (Å²) in [6.07, 6.45) is 1.18. The van der Waals surface area contributed by atoms with E-state index >= 15 is 0 Å². The van der Waals surface area contributed by atoms with Crippen molar-refractivity contribution in [3.63, 3.8) is 0 Å². The van der Waals surface area contributed by atoms with Crippen LogP contribution in [0.5, 0.6) is 0 Å². The van der Waals surface area contributed by atoms with Crippen LogP contribution in [-0.4, -0.2) is 88.4 Å². The van der Waals surface area contributed by atoms with E-state index in [2.05, 4.69) is 10.6 Å². The highest BCUT2D eigenvalue weighted by molar-refractivity contribution is 6.00. The van der Waals surface area contributed by atoms with Gasteiger partial charge in [-0.3, -0.25) is 34.8 Å². The SMILES string of the molecule is N=C(N)c1ccc(NC(=O)CCCC[C@H]2C(=O)N(CC(=O)O)CCN2C(=O)CNC(=O)c2ccc(C(=N)N)cc2)cc1. The molecule has 1 heterocycles. The van der Waals surface area contributed by atoms with Gasteiger partial charge in [0, 0.05) is 41.9 Å². The van der Waals surface area contributed by atoms with E-state index in [1.54, 1.807) is 24.3 Å². The van der Waals surface area contributed by atoms with E-state index < -0.39 is 36.3 Å². The number of benzene rings is 2. The van der Waals surface area contributed by atoms with E-state index in [4.69, 9.17) is 22.3 Å². The number of nitrogen functional groups attached to an aromatic ring is 2. The Morgan fingerprint density at radius 2 is 1.45 bits per heavy atom. The van der Waals surface area contributed by atoms with E-state index in [0.29, 0.717) is 29.7 Å². The summed E-state index contributed by atoms with van der Waals surface area (Å²) in [5, 5.41) is 29.3. The zero-order valence-corrected chi connectivity index (χ0v) is 22.9. The molecule has 0 unspecified atom stereocenters. The van der Waals surface area contributed by atoms with Crippen LogP contribution in [0, 0.1) is 10.8 Å². The molecule has 14 nitrogen and oxygen atoms in total. The number of piperazine rings is 1. The number of amidine groups is 2. The summed E-state index contributed by atoms with van der Waals surface area (Å²) in [5.41, 5.74) is 12.6. The fraction of sp³-hybridized carbons (Fsp3) is 0.321. The molecule has 2 aromatic rings. The third-order valence-corrected chi connectivity index (χ3v) is 6.70. The lowest BCUT2D eigenvalue weighted by molar-refractivity contribution is -0.155. The van der Waals surface area contributed by atoms with E-state index in [1.807, 2.05) is 0 Å². The van der Waals surface area contributed by atoms with Crippen LogP contribution in [0.4, 0.5) is 5.69 Å². The summed E-state index contributed by atoms with van der Waals surface area (Å²) in [5.74, 6) is -3.16. The summed E-state index contributed by atoms with van der Waals surface area (Å²) >= 11 is 0. The Bertz CT molecular complexity index is 1360. The monoisotopic (exact) mass is 578 g/mol. The van der Waals surface area contributed by atoms with E-state index in [-0.39, 0.29) is 55.6 Å². The van der Waals surface area contributed by atoms with Crippen molar-refractivity contribution in [2.45, 2.75) is 31.7 Å². The molecule has 2 aromatic carbocycles. The molecule has 9 N–H and O–H groups in total. The van der Waals surface area contributed by atoms with E-state index in [1.165, 1.54) is 34.1 Å². The van der Waals surface area contributed by atoms with Crippen molar-refractivity contribution in [1.82, 2.24) is 15.1 Å². The summed E-state index contributed by atoms with van der Waals surface area (Å²) in [6, 6.07) is 11.6. The van der Waals surface area contributed by atoms with Gasteiger partial charge in [0.05, 0.1) is 6.54 Å². The standard InChI is InChI=1S/C28H34N8O6/c29-25(30)17-5-7-19(8-6-17)27(41)33-15-23(38)36-14-13-35(16-24(39)40)28(42)21(36)3-1-2-4-22(37)34-20-11-9-18(10-12-20)26(31)32/h5-12,21H,1-4,13-16H2,(H3,29,30)(H3,31,32)(H,33,41)(H,34,37)(H,39,40)/t21-/m0/s1. The number of hydrogen-bond donors (Lipinski definition) is 7. The lowest BCUT2D eigenvalue weighted by Gasteiger charge is -2.40. The Kier molecular flexibility index (Phi) is 10.7. The van der Waals surface area contributed by atoms with Crippen LogP contribution in [0.25, 0.3) is 0 Å². The third-order valence-electron chi connectivity index (χ3n) is 6.70. The topological polar surface area (TPSA) is 236 Å². The molecular weight excluding hydrogens is 544 g/mol. The van der Waals surface area contributed by atoms with Crippen molar-refractivity contribution in [2.24, 2.45) is 11.5 Å². The Morgan fingerprint density at radius 1 is 0.881 bits per heavy atom. The van der Waals surface area contributed by atoms with Crippen molar-refractivity contribution in [3.05, 3.63) is 65.2 Å². The first kappa shape index (κ1) is 31.3. The minimum Gasteiger partial charge on any atom is -0.480 e. The normalized spacial score (nSPS) is 14.7. The number of amides is 4. The number of anilines is 1. The molecule has 1 atom stereocenters. The first-order chi connectivity index (χ1) is 20.0. The maximum absolute atomic E-state index is 13.1. The summed E-state index contributed by atoms with van der Waals surface area (Å²) in [7, 11) is 0. The molecule has 0 aliphatic carbocycles. The van der Waals surface area contributed by atoms with Crippen molar-refractivity contribution >= 4 is 47.0 Å². The molecule has 1 aliphatic heterocycles. The molecule has 0 spiro atoms. The number of nitrogens with two attached hydrogens (primary N) is 2. The Balaban J connectivity index is 1.56. The van der Waals surface area contributed by atoms with E-state index in [9.17, 15) is 29.1 Å². The van der Waals surface area contributed by atoms with Crippen molar-refractivity contribution in [2.75, 3.05) is 31.5 Å². The van der Waals surface area contributed by atoms with Gasteiger partial charge < -0.3 is 37.0 Å². The molecule has 3 rings (SSSR count). The molecule has 0 bridgehead atoms. The van der Waals surface area contributed by atoms with Gasteiger partial charge in [-0.15, -0.1) is 0 Å². The van der Waals surface area contributed by atoms with Gasteiger partial charge in [0.15, 0.2) is 0 Å². The van der Waals surface area contributed by atoms with Crippen LogP contribution < -0.4 is 22.1 Å². The second kappa shape index (κ2) is 14.4. The Morgan fingerprint density at radius 3 is 2.02 bits per heavy atom. The van der Waals surface area contributed by atoms with Gasteiger partial charge in [-0.2, -0.15) is 0 Å². The van der Waals surface area contributed by atoms with Gasteiger partial charge in [-0.25, -0.2) is 0 Å². The molecule has 0 saturated carbocycles. The van der Waals surface area contributed by atoms with Crippen LogP contribution in [0.2, 0.25) is 0 Å². The van der Waals surface area contributed by atoms with Crippen LogP contribution >= 0.6 is 0 Å². The van der Waals surface area contributed by atoms with Crippen molar-refractivity contribution < 1.29 is 29.1 Å². The van der Waals surface area contributed by atoms with Gasteiger partial charge in [0.1, 0.15) is 24.3 Å². The van der Waals surface area contributed by atoms with Crippen LogP contribution in [0.1, 0.15) is 47.2 Å². The third kappa shape index (κ3) is 8.61. The molecule has 0 radical (unpaired) electrons. The lowest BCUT2D eigenvalue weighted by atomic mass is 10.0. The summed E-state index contributed by atoms with van der Waals surface area (Å²) in [6.45, 7) is -0.725. The van der Waals surface area contributed by atoms with Crippen LogP contribution in [-0.2, 0) is 19.2 Å². The fourth-order valence-electron chi connectivity index (χ4n) is 4.48. The number of nitrogens with one attached hydrogen (secondary N) is 4. The van der Waals surface area contributed by atoms with Gasteiger partial charge in [0.2, 0.25) is 17.7 Å². The average molecular weight is 579 g/mol. The number of nitrogens with zero attached hydrogens (tertiary/aromatic N) is 2. The molecule has 222 valence electrons. The highest BCUT2D eigenvalue weighted by Crippen LogP contribution is 2.19.